The van der Waals surface area contributed by atoms with Gasteiger partial charge in [0.15, 0.2) is 0 Å². The predicted molar refractivity (Wildman–Crippen MR) is 69.9 cm³/mol. The van der Waals surface area contributed by atoms with E-state index in [0.29, 0.717) is 11.3 Å². The lowest BCUT2D eigenvalue weighted by Crippen LogP contribution is -2.48. The molecule has 1 aliphatic rings. The molecule has 0 saturated carbocycles. The van der Waals surface area contributed by atoms with Gasteiger partial charge < -0.3 is 14.6 Å². The number of nitrogens with zero attached hydrogens (tertiary/aromatic N) is 2. The Balaban J connectivity index is 1.94. The molecule has 0 aromatic carbocycles. The molecule has 1 saturated heterocycles. The summed E-state index contributed by atoms with van der Waals surface area (Å²) in [5.41, 5.74) is 0.946. The number of fused-ring (bicyclic) bond motifs is 1. The first kappa shape index (κ1) is 11.2. The van der Waals surface area contributed by atoms with Crippen LogP contribution in [-0.2, 0) is 4.74 Å². The van der Waals surface area contributed by atoms with Crippen molar-refractivity contribution >= 4 is 16.5 Å². The summed E-state index contributed by atoms with van der Waals surface area (Å²) in [4.78, 5) is 20.8. The normalized spacial score (nSPS) is 15.9. The fraction of sp³-hybridized carbons (Fsp3) is 0.385. The van der Waals surface area contributed by atoms with Crippen LogP contribution in [0.2, 0.25) is 0 Å². The quantitative estimate of drug-likeness (QED) is 0.876. The number of H-pyrrole nitrogens is 1. The zero-order valence-electron chi connectivity index (χ0n) is 10.2. The van der Waals surface area contributed by atoms with Gasteiger partial charge in [0.25, 0.3) is 5.56 Å². The smallest absolute Gasteiger partial charge is 0.257 e. The minimum atomic E-state index is -0.0872. The topological polar surface area (TPSA) is 58.2 Å². The summed E-state index contributed by atoms with van der Waals surface area (Å²) in [6, 6.07) is 1.93. The van der Waals surface area contributed by atoms with Gasteiger partial charge in [-0.1, -0.05) is 0 Å². The summed E-state index contributed by atoms with van der Waals surface area (Å²) in [6.45, 7) is 2.71. The van der Waals surface area contributed by atoms with E-state index >= 15 is 0 Å². The maximum atomic E-state index is 11.7. The van der Waals surface area contributed by atoms with E-state index in [0.717, 1.165) is 30.8 Å². The van der Waals surface area contributed by atoms with Gasteiger partial charge >= 0.3 is 0 Å². The first-order valence-corrected chi connectivity index (χ1v) is 5.99. The number of nitrogens with one attached hydrogen (secondary N) is 1. The van der Waals surface area contributed by atoms with E-state index in [4.69, 9.17) is 4.74 Å². The van der Waals surface area contributed by atoms with Gasteiger partial charge in [-0.25, -0.2) is 0 Å². The molecule has 18 heavy (non-hydrogen) atoms. The minimum absolute atomic E-state index is 0.0872. The van der Waals surface area contributed by atoms with E-state index in [-0.39, 0.29) is 5.56 Å². The number of anilines is 1. The van der Waals surface area contributed by atoms with E-state index < -0.39 is 0 Å². The summed E-state index contributed by atoms with van der Waals surface area (Å²) >= 11 is 0. The van der Waals surface area contributed by atoms with Crippen LogP contribution >= 0.6 is 0 Å². The molecule has 3 heterocycles. The molecule has 2 aromatic heterocycles. The molecule has 3 rings (SSSR count). The summed E-state index contributed by atoms with van der Waals surface area (Å²) in [6.07, 6.45) is 5.12. The Kier molecular flexibility index (Phi) is 2.76. The first-order valence-electron chi connectivity index (χ1n) is 5.99. The fourth-order valence-corrected chi connectivity index (χ4v) is 2.45. The van der Waals surface area contributed by atoms with E-state index in [1.165, 1.54) is 0 Å². The molecule has 0 unspecified atom stereocenters. The molecule has 2 aromatic rings. The average molecular weight is 245 g/mol. The Labute approximate surface area is 104 Å². The molecule has 1 aliphatic heterocycles. The highest BCUT2D eigenvalue weighted by molar-refractivity contribution is 5.92. The summed E-state index contributed by atoms with van der Waals surface area (Å²) in [7, 11) is 1.72. The molecule has 0 amide bonds. The molecule has 5 heteroatoms. The number of aromatic nitrogens is 2. The number of rotatable bonds is 3. The van der Waals surface area contributed by atoms with Gasteiger partial charge in [0.05, 0.1) is 23.9 Å². The van der Waals surface area contributed by atoms with Crippen molar-refractivity contribution in [1.82, 2.24) is 9.97 Å². The van der Waals surface area contributed by atoms with Crippen molar-refractivity contribution in [3.8, 4) is 0 Å². The highest BCUT2D eigenvalue weighted by atomic mass is 16.5. The maximum absolute atomic E-state index is 11.7. The lowest BCUT2D eigenvalue weighted by atomic mass is 9.99. The molecule has 5 nitrogen and oxygen atoms in total. The number of aromatic amines is 1. The van der Waals surface area contributed by atoms with Gasteiger partial charge in [-0.05, 0) is 6.07 Å². The molecule has 1 fully saturated rings. The summed E-state index contributed by atoms with van der Waals surface area (Å²) < 4.78 is 5.14. The number of methoxy groups -OCH3 is 1. The van der Waals surface area contributed by atoms with Crippen LogP contribution in [0.3, 0.4) is 0 Å². The van der Waals surface area contributed by atoms with Crippen LogP contribution in [0.25, 0.3) is 10.8 Å². The zero-order chi connectivity index (χ0) is 12.5. The van der Waals surface area contributed by atoms with E-state index in [2.05, 4.69) is 14.9 Å². The third kappa shape index (κ3) is 1.76. The van der Waals surface area contributed by atoms with Crippen molar-refractivity contribution in [2.75, 3.05) is 31.7 Å². The minimum Gasteiger partial charge on any atom is -0.384 e. The van der Waals surface area contributed by atoms with Crippen LogP contribution in [0.4, 0.5) is 5.69 Å². The van der Waals surface area contributed by atoms with Gasteiger partial charge in [0.2, 0.25) is 0 Å². The molecule has 0 aliphatic carbocycles. The van der Waals surface area contributed by atoms with Gasteiger partial charge in [0.1, 0.15) is 0 Å². The maximum Gasteiger partial charge on any atom is 0.257 e. The molecule has 0 bridgehead atoms. The van der Waals surface area contributed by atoms with Crippen molar-refractivity contribution in [3.63, 3.8) is 0 Å². The van der Waals surface area contributed by atoms with Crippen LogP contribution < -0.4 is 10.5 Å². The van der Waals surface area contributed by atoms with Crippen LogP contribution in [0.5, 0.6) is 0 Å². The lowest BCUT2D eigenvalue weighted by Gasteiger charge is -2.40. The SMILES string of the molecule is COCC1CN(c2cncc3c(=O)[nH]ccc23)C1. The molecule has 0 spiro atoms. The highest BCUT2D eigenvalue weighted by Gasteiger charge is 2.28. The second-order valence-electron chi connectivity index (χ2n) is 4.65. The van der Waals surface area contributed by atoms with Gasteiger partial charge in [0, 0.05) is 43.9 Å². The predicted octanol–water partition coefficient (Wildman–Crippen LogP) is 1.01. The Bertz CT molecular complexity index is 617. The van der Waals surface area contributed by atoms with Gasteiger partial charge in [-0.3, -0.25) is 9.78 Å². The fourth-order valence-electron chi connectivity index (χ4n) is 2.45. The van der Waals surface area contributed by atoms with Crippen LogP contribution in [-0.4, -0.2) is 36.8 Å². The molecule has 0 radical (unpaired) electrons. The van der Waals surface area contributed by atoms with Crippen molar-refractivity contribution in [2.24, 2.45) is 5.92 Å². The van der Waals surface area contributed by atoms with Crippen molar-refractivity contribution in [2.45, 2.75) is 0 Å². The summed E-state index contributed by atoms with van der Waals surface area (Å²) in [5, 5.41) is 1.61. The standard InChI is InChI=1S/C13H15N3O2/c1-18-8-9-6-16(7-9)12-5-14-4-11-10(12)2-3-15-13(11)17/h2-5,9H,6-8H2,1H3,(H,15,17). The first-order chi connectivity index (χ1) is 8.79. The van der Waals surface area contributed by atoms with E-state index in [1.54, 1.807) is 19.5 Å². The number of pyridine rings is 2. The van der Waals surface area contributed by atoms with Crippen molar-refractivity contribution < 1.29 is 4.74 Å². The van der Waals surface area contributed by atoms with E-state index in [1.807, 2.05) is 12.3 Å². The molecule has 1 N–H and O–H groups in total. The number of ether oxygens (including phenoxy) is 1. The Morgan fingerprint density at radius 1 is 1.44 bits per heavy atom. The van der Waals surface area contributed by atoms with Crippen LogP contribution in [0.1, 0.15) is 0 Å². The van der Waals surface area contributed by atoms with Crippen molar-refractivity contribution in [1.29, 1.82) is 0 Å². The average Bonchev–Trinajstić information content (AvgIpc) is 2.34. The Hall–Kier alpha value is -1.88. The third-order valence-electron chi connectivity index (χ3n) is 3.38. The monoisotopic (exact) mass is 245 g/mol. The molecular weight excluding hydrogens is 230 g/mol. The number of hydrogen-bond acceptors (Lipinski definition) is 4. The zero-order valence-corrected chi connectivity index (χ0v) is 10.2. The Morgan fingerprint density at radius 2 is 2.28 bits per heavy atom. The summed E-state index contributed by atoms with van der Waals surface area (Å²) in [5.74, 6) is 0.576. The van der Waals surface area contributed by atoms with Gasteiger partial charge in [-0.2, -0.15) is 0 Å². The largest absolute Gasteiger partial charge is 0.384 e. The Morgan fingerprint density at radius 3 is 3.06 bits per heavy atom. The third-order valence-corrected chi connectivity index (χ3v) is 3.38. The number of hydrogen-bond donors (Lipinski definition) is 1. The molecule has 94 valence electrons. The molecular formula is C13H15N3O2. The van der Waals surface area contributed by atoms with Gasteiger partial charge in [-0.15, -0.1) is 0 Å². The van der Waals surface area contributed by atoms with Crippen molar-refractivity contribution in [3.05, 3.63) is 35.0 Å². The lowest BCUT2D eigenvalue weighted by molar-refractivity contribution is 0.137. The highest BCUT2D eigenvalue weighted by Crippen LogP contribution is 2.29. The molecule has 0 atom stereocenters. The second-order valence-corrected chi connectivity index (χ2v) is 4.65. The van der Waals surface area contributed by atoms with Crippen LogP contribution in [0, 0.1) is 5.92 Å². The van der Waals surface area contributed by atoms with Crippen LogP contribution in [0.15, 0.2) is 29.5 Å². The van der Waals surface area contributed by atoms with E-state index in [9.17, 15) is 4.79 Å². The second kappa shape index (κ2) is 4.42.